The Morgan fingerprint density at radius 1 is 0.931 bits per heavy atom. The van der Waals surface area contributed by atoms with Crippen LogP contribution < -0.4 is 14.0 Å². The smallest absolute Gasteiger partial charge is 0.379 e. The Kier molecular flexibility index (Phi) is 8.87. The molecule has 0 aliphatic rings. The zero-order chi connectivity index (χ0) is 21.3. The molecular formula is C22H31O6P. The Hall–Kier alpha value is -2.17. The first kappa shape index (κ1) is 23.1. The molecule has 0 fully saturated rings. The summed E-state index contributed by atoms with van der Waals surface area (Å²) in [6.45, 7) is 8.98. The molecule has 2 aromatic carbocycles. The minimum atomic E-state index is -3.29. The van der Waals surface area contributed by atoms with E-state index in [2.05, 4.69) is 0 Å². The van der Waals surface area contributed by atoms with Crippen molar-refractivity contribution < 1.29 is 28.2 Å². The molecular weight excluding hydrogens is 391 g/mol. The Morgan fingerprint density at radius 2 is 1.66 bits per heavy atom. The van der Waals surface area contributed by atoms with Gasteiger partial charge in [0.05, 0.1) is 26.0 Å². The molecule has 0 aliphatic heterocycles. The summed E-state index contributed by atoms with van der Waals surface area (Å²) in [6, 6.07) is 10.6. The average Bonchev–Trinajstić information content (AvgIpc) is 2.72. The molecule has 0 aliphatic carbocycles. The maximum absolute atomic E-state index is 12.6. The van der Waals surface area contributed by atoms with Crippen molar-refractivity contribution in [2.45, 2.75) is 40.5 Å². The summed E-state index contributed by atoms with van der Waals surface area (Å²) in [5.41, 5.74) is 1.54. The molecule has 6 nitrogen and oxygen atoms in total. The van der Waals surface area contributed by atoms with Crippen LogP contribution in [-0.4, -0.2) is 31.1 Å². The van der Waals surface area contributed by atoms with Crippen molar-refractivity contribution in [2.24, 2.45) is 0 Å². The van der Waals surface area contributed by atoms with Crippen molar-refractivity contribution in [2.75, 3.05) is 26.0 Å². The van der Waals surface area contributed by atoms with E-state index in [0.29, 0.717) is 24.7 Å². The molecule has 0 aromatic heterocycles. The lowest BCUT2D eigenvalue weighted by Crippen LogP contribution is -2.03. The van der Waals surface area contributed by atoms with E-state index < -0.39 is 7.60 Å². The molecule has 1 N–H and O–H groups in total. The zero-order valence-corrected chi connectivity index (χ0v) is 18.5. The second-order valence-corrected chi connectivity index (χ2v) is 8.74. The molecule has 2 rings (SSSR count). The van der Waals surface area contributed by atoms with Gasteiger partial charge in [-0.2, -0.15) is 0 Å². The first-order valence-electron chi connectivity index (χ1n) is 10.1. The van der Waals surface area contributed by atoms with Crippen LogP contribution in [0.25, 0.3) is 11.1 Å². The van der Waals surface area contributed by atoms with E-state index in [1.807, 2.05) is 32.0 Å². The van der Waals surface area contributed by atoms with Crippen LogP contribution in [-0.2, 0) is 9.09 Å². The lowest BCUT2D eigenvalue weighted by Gasteiger charge is -2.19. The van der Waals surface area contributed by atoms with Gasteiger partial charge in [0.15, 0.2) is 23.0 Å². The van der Waals surface area contributed by atoms with Gasteiger partial charge in [-0.1, -0.05) is 39.0 Å². The number of hydrogen-bond acceptors (Lipinski definition) is 6. The first-order chi connectivity index (χ1) is 14.0. The highest BCUT2D eigenvalue weighted by atomic mass is 31.2. The number of hydrogen-bond donors (Lipinski definition) is 1. The molecule has 0 heterocycles. The zero-order valence-electron chi connectivity index (χ0n) is 17.6. The number of benzene rings is 2. The third-order valence-corrected chi connectivity index (χ3v) is 6.01. The fourth-order valence-electron chi connectivity index (χ4n) is 2.71. The highest BCUT2D eigenvalue weighted by Gasteiger charge is 2.24. The average molecular weight is 422 g/mol. The predicted molar refractivity (Wildman–Crippen MR) is 116 cm³/mol. The molecule has 1 unspecified atom stereocenters. The van der Waals surface area contributed by atoms with E-state index >= 15 is 0 Å². The minimum Gasteiger partial charge on any atom is -0.504 e. The molecule has 0 spiro atoms. The van der Waals surface area contributed by atoms with Crippen molar-refractivity contribution in [3.05, 3.63) is 36.4 Å². The van der Waals surface area contributed by atoms with Crippen LogP contribution in [0.3, 0.4) is 0 Å². The second-order valence-electron chi connectivity index (χ2n) is 6.45. The van der Waals surface area contributed by atoms with Gasteiger partial charge in [-0.3, -0.25) is 0 Å². The molecule has 0 amide bonds. The van der Waals surface area contributed by atoms with Gasteiger partial charge in [0.1, 0.15) is 0 Å². The Labute approximate surface area is 173 Å². The molecule has 0 radical (unpaired) electrons. The van der Waals surface area contributed by atoms with E-state index in [1.165, 1.54) is 0 Å². The number of aromatic hydroxyl groups is 1. The third kappa shape index (κ3) is 6.15. The molecule has 1 atom stereocenters. The standard InChI is InChI=1S/C22H31O6P/c1-5-14-25-21-11-9-10-18(22(21)26-15-6-2)17-12-13-20(19(23)16-17)28-29(24,8-4)27-7-3/h9-13,16,23H,5-8,14-15H2,1-4H3. The van der Waals surface area contributed by atoms with Gasteiger partial charge in [-0.15, -0.1) is 0 Å². The topological polar surface area (TPSA) is 74.2 Å². The van der Waals surface area contributed by atoms with Gasteiger partial charge in [-0.25, -0.2) is 4.57 Å². The van der Waals surface area contributed by atoms with Gasteiger partial charge in [0.2, 0.25) is 0 Å². The fourth-order valence-corrected chi connectivity index (χ4v) is 3.92. The van der Waals surface area contributed by atoms with Crippen LogP contribution in [0.4, 0.5) is 0 Å². The van der Waals surface area contributed by atoms with Crippen LogP contribution >= 0.6 is 7.60 Å². The van der Waals surface area contributed by atoms with Crippen LogP contribution in [0.1, 0.15) is 40.5 Å². The first-order valence-corrected chi connectivity index (χ1v) is 11.9. The van der Waals surface area contributed by atoms with E-state index in [9.17, 15) is 9.67 Å². The Morgan fingerprint density at radius 3 is 2.28 bits per heavy atom. The van der Waals surface area contributed by atoms with Crippen molar-refractivity contribution in [3.63, 3.8) is 0 Å². The van der Waals surface area contributed by atoms with Gasteiger partial charge < -0.3 is 23.6 Å². The summed E-state index contributed by atoms with van der Waals surface area (Å²) < 4.78 is 35.2. The fraction of sp³-hybridized carbons (Fsp3) is 0.455. The van der Waals surface area contributed by atoms with Crippen LogP contribution in [0.2, 0.25) is 0 Å². The summed E-state index contributed by atoms with van der Waals surface area (Å²) in [4.78, 5) is 0. The van der Waals surface area contributed by atoms with Gasteiger partial charge in [-0.05, 0) is 43.5 Å². The van der Waals surface area contributed by atoms with Crippen molar-refractivity contribution in [3.8, 4) is 34.1 Å². The van der Waals surface area contributed by atoms with Gasteiger partial charge >= 0.3 is 7.60 Å². The summed E-state index contributed by atoms with van der Waals surface area (Å²) in [6.07, 6.45) is 1.97. The van der Waals surface area contributed by atoms with Crippen LogP contribution in [0.15, 0.2) is 36.4 Å². The van der Waals surface area contributed by atoms with Crippen molar-refractivity contribution in [1.82, 2.24) is 0 Å². The number of phenolic OH excluding ortho intramolecular Hbond substituents is 1. The molecule has 2 aromatic rings. The molecule has 160 valence electrons. The summed E-state index contributed by atoms with van der Waals surface area (Å²) in [5.74, 6) is 1.33. The quantitative estimate of drug-likeness (QED) is 0.407. The Bertz CT molecular complexity index is 836. The van der Waals surface area contributed by atoms with Crippen molar-refractivity contribution in [1.29, 1.82) is 0 Å². The van der Waals surface area contributed by atoms with E-state index in [-0.39, 0.29) is 24.3 Å². The highest BCUT2D eigenvalue weighted by molar-refractivity contribution is 7.54. The number of ether oxygens (including phenoxy) is 2. The normalized spacial score (nSPS) is 13.0. The van der Waals surface area contributed by atoms with Gasteiger partial charge in [0.25, 0.3) is 0 Å². The molecule has 7 heteroatoms. The van der Waals surface area contributed by atoms with Gasteiger partial charge in [0, 0.05) is 5.56 Å². The minimum absolute atomic E-state index is 0.114. The SMILES string of the molecule is CCCOc1cccc(-c2ccc(OP(=O)(CC)OCC)c(O)c2)c1OCCC. The highest BCUT2D eigenvalue weighted by Crippen LogP contribution is 2.50. The lowest BCUT2D eigenvalue weighted by atomic mass is 10.0. The van der Waals surface area contributed by atoms with E-state index in [4.69, 9.17) is 18.5 Å². The monoisotopic (exact) mass is 422 g/mol. The second kappa shape index (κ2) is 11.1. The molecule has 0 saturated carbocycles. The maximum Gasteiger partial charge on any atom is 0.379 e. The van der Waals surface area contributed by atoms with E-state index in [1.54, 1.807) is 32.0 Å². The molecule has 0 saturated heterocycles. The number of rotatable bonds is 12. The summed E-state index contributed by atoms with van der Waals surface area (Å²) in [7, 11) is -3.29. The van der Waals surface area contributed by atoms with Crippen LogP contribution in [0, 0.1) is 0 Å². The molecule has 0 bridgehead atoms. The summed E-state index contributed by atoms with van der Waals surface area (Å²) >= 11 is 0. The Balaban J connectivity index is 2.39. The summed E-state index contributed by atoms with van der Waals surface area (Å²) in [5, 5.41) is 10.5. The van der Waals surface area contributed by atoms with Crippen LogP contribution in [0.5, 0.6) is 23.0 Å². The third-order valence-electron chi connectivity index (χ3n) is 4.11. The van der Waals surface area contributed by atoms with E-state index in [0.717, 1.165) is 24.0 Å². The largest absolute Gasteiger partial charge is 0.504 e. The lowest BCUT2D eigenvalue weighted by molar-refractivity contribution is 0.269. The number of para-hydroxylation sites is 1. The number of phenols is 1. The molecule has 29 heavy (non-hydrogen) atoms. The maximum atomic E-state index is 12.6. The predicted octanol–water partition coefficient (Wildman–Crippen LogP) is 6.27. The van der Waals surface area contributed by atoms with Crippen molar-refractivity contribution >= 4 is 7.60 Å².